The highest BCUT2D eigenvalue weighted by Crippen LogP contribution is 2.27. The van der Waals surface area contributed by atoms with Crippen LogP contribution in [0.1, 0.15) is 11.1 Å². The Balaban J connectivity index is 2.06. The van der Waals surface area contributed by atoms with Gasteiger partial charge in [-0.3, -0.25) is 4.79 Å². The van der Waals surface area contributed by atoms with Crippen LogP contribution >= 0.6 is 15.9 Å². The van der Waals surface area contributed by atoms with Gasteiger partial charge < -0.3 is 10.1 Å². The second-order valence-electron chi connectivity index (χ2n) is 4.38. The van der Waals surface area contributed by atoms with E-state index in [-0.39, 0.29) is 12.3 Å². The van der Waals surface area contributed by atoms with Gasteiger partial charge in [0.2, 0.25) is 5.91 Å². The highest BCUT2D eigenvalue weighted by molar-refractivity contribution is 9.10. The summed E-state index contributed by atoms with van der Waals surface area (Å²) in [6, 6.07) is 14.4. The van der Waals surface area contributed by atoms with Gasteiger partial charge >= 0.3 is 0 Å². The molecular weight excluding hydrogens is 332 g/mol. The second kappa shape index (κ2) is 6.91. The van der Waals surface area contributed by atoms with Crippen LogP contribution in [0.15, 0.2) is 46.9 Å². The van der Waals surface area contributed by atoms with Gasteiger partial charge in [0.15, 0.2) is 0 Å². The third kappa shape index (κ3) is 4.07. The Hall–Kier alpha value is -2.32. The summed E-state index contributed by atoms with van der Waals surface area (Å²) < 4.78 is 5.92. The molecule has 0 aliphatic carbocycles. The molecule has 1 N–H and O–H groups in total. The van der Waals surface area contributed by atoms with Gasteiger partial charge in [-0.1, -0.05) is 12.1 Å². The molecule has 2 aromatic carbocycles. The molecule has 0 aliphatic heterocycles. The summed E-state index contributed by atoms with van der Waals surface area (Å²) in [5.74, 6) is 0.542. The van der Waals surface area contributed by atoms with E-state index in [1.807, 2.05) is 12.1 Å². The monoisotopic (exact) mass is 344 g/mol. The molecule has 1 amide bonds. The van der Waals surface area contributed by atoms with E-state index in [9.17, 15) is 4.79 Å². The molecule has 21 heavy (non-hydrogen) atoms. The number of carbonyl (C=O) groups excluding carboxylic acids is 1. The lowest BCUT2D eigenvalue weighted by atomic mass is 10.1. The number of amides is 1. The van der Waals surface area contributed by atoms with E-state index in [0.717, 1.165) is 10.0 Å². The molecule has 0 aliphatic rings. The summed E-state index contributed by atoms with van der Waals surface area (Å²) in [6.45, 7) is 0. The lowest BCUT2D eigenvalue weighted by molar-refractivity contribution is -0.115. The van der Waals surface area contributed by atoms with Crippen molar-refractivity contribution < 1.29 is 9.53 Å². The number of ether oxygens (including phenoxy) is 1. The first-order chi connectivity index (χ1) is 10.1. The van der Waals surface area contributed by atoms with E-state index in [4.69, 9.17) is 10.00 Å². The number of hydrogen-bond donors (Lipinski definition) is 1. The van der Waals surface area contributed by atoms with Crippen LogP contribution in [0.5, 0.6) is 5.75 Å². The maximum Gasteiger partial charge on any atom is 0.228 e. The summed E-state index contributed by atoms with van der Waals surface area (Å²) >= 11 is 3.39. The van der Waals surface area contributed by atoms with Crippen LogP contribution in [0.2, 0.25) is 0 Å². The molecule has 5 heteroatoms. The summed E-state index contributed by atoms with van der Waals surface area (Å²) in [5.41, 5.74) is 2.09. The molecule has 2 rings (SSSR count). The van der Waals surface area contributed by atoms with Crippen molar-refractivity contribution in [2.24, 2.45) is 0 Å². The zero-order valence-electron chi connectivity index (χ0n) is 11.4. The van der Waals surface area contributed by atoms with E-state index >= 15 is 0 Å². The van der Waals surface area contributed by atoms with Crippen molar-refractivity contribution in [3.8, 4) is 11.8 Å². The molecule has 0 aromatic heterocycles. The number of rotatable bonds is 4. The van der Waals surface area contributed by atoms with Crippen LogP contribution in [0.25, 0.3) is 0 Å². The van der Waals surface area contributed by atoms with Crippen molar-refractivity contribution in [2.45, 2.75) is 6.42 Å². The molecule has 4 nitrogen and oxygen atoms in total. The van der Waals surface area contributed by atoms with E-state index in [0.29, 0.717) is 17.0 Å². The van der Waals surface area contributed by atoms with Crippen molar-refractivity contribution in [3.63, 3.8) is 0 Å². The summed E-state index contributed by atoms with van der Waals surface area (Å²) in [5, 5.41) is 11.6. The predicted octanol–water partition coefficient (Wildman–Crippen LogP) is 3.51. The van der Waals surface area contributed by atoms with Crippen molar-refractivity contribution in [3.05, 3.63) is 58.1 Å². The summed E-state index contributed by atoms with van der Waals surface area (Å²) in [7, 11) is 1.57. The molecule has 0 radical (unpaired) electrons. The maximum absolute atomic E-state index is 12.1. The molecule has 0 unspecified atom stereocenters. The SMILES string of the molecule is COc1ccc(Br)c(NC(=O)Cc2ccc(C#N)cc2)c1. The zero-order chi connectivity index (χ0) is 15.2. The van der Waals surface area contributed by atoms with Crippen molar-refractivity contribution in [1.29, 1.82) is 5.26 Å². The third-order valence-electron chi connectivity index (χ3n) is 2.90. The van der Waals surface area contributed by atoms with E-state index < -0.39 is 0 Å². The smallest absolute Gasteiger partial charge is 0.228 e. The Morgan fingerprint density at radius 3 is 2.62 bits per heavy atom. The molecule has 2 aromatic rings. The number of anilines is 1. The quantitative estimate of drug-likeness (QED) is 0.922. The van der Waals surface area contributed by atoms with Gasteiger partial charge in [-0.05, 0) is 45.8 Å². The maximum atomic E-state index is 12.1. The van der Waals surface area contributed by atoms with E-state index in [1.54, 1.807) is 43.5 Å². The fraction of sp³-hybridized carbons (Fsp3) is 0.125. The van der Waals surface area contributed by atoms with Crippen LogP contribution in [-0.4, -0.2) is 13.0 Å². The number of methoxy groups -OCH3 is 1. The van der Waals surface area contributed by atoms with Crippen molar-refractivity contribution in [1.82, 2.24) is 0 Å². The summed E-state index contributed by atoms with van der Waals surface area (Å²) in [6.07, 6.45) is 0.245. The van der Waals surface area contributed by atoms with Gasteiger partial charge in [-0.15, -0.1) is 0 Å². The molecule has 0 saturated carbocycles. The average Bonchev–Trinajstić information content (AvgIpc) is 2.50. The van der Waals surface area contributed by atoms with Gasteiger partial charge in [0.25, 0.3) is 0 Å². The van der Waals surface area contributed by atoms with Gasteiger partial charge in [-0.2, -0.15) is 5.26 Å². The number of halogens is 1. The molecule has 0 saturated heterocycles. The fourth-order valence-electron chi connectivity index (χ4n) is 1.80. The number of carbonyl (C=O) groups is 1. The predicted molar refractivity (Wildman–Crippen MR) is 84.2 cm³/mol. The number of benzene rings is 2. The lowest BCUT2D eigenvalue weighted by Crippen LogP contribution is -2.14. The molecular formula is C16H13BrN2O2. The minimum Gasteiger partial charge on any atom is -0.497 e. The topological polar surface area (TPSA) is 62.1 Å². The van der Waals surface area contributed by atoms with Gasteiger partial charge in [0, 0.05) is 10.5 Å². The Bertz CT molecular complexity index is 690. The number of nitriles is 1. The Labute approximate surface area is 131 Å². The standard InChI is InChI=1S/C16H13BrN2O2/c1-21-13-6-7-14(17)15(9-13)19-16(20)8-11-2-4-12(10-18)5-3-11/h2-7,9H,8H2,1H3,(H,19,20). The average molecular weight is 345 g/mol. The largest absolute Gasteiger partial charge is 0.497 e. The van der Waals surface area contributed by atoms with Crippen LogP contribution < -0.4 is 10.1 Å². The number of nitrogens with zero attached hydrogens (tertiary/aromatic N) is 1. The van der Waals surface area contributed by atoms with Crippen LogP contribution in [0, 0.1) is 11.3 Å². The van der Waals surface area contributed by atoms with Gasteiger partial charge in [0.1, 0.15) is 5.75 Å². The van der Waals surface area contributed by atoms with E-state index in [2.05, 4.69) is 21.2 Å². The molecule has 0 atom stereocenters. The summed E-state index contributed by atoms with van der Waals surface area (Å²) in [4.78, 5) is 12.1. The molecule has 0 spiro atoms. The first kappa shape index (κ1) is 15.1. The minimum atomic E-state index is -0.131. The number of nitrogens with one attached hydrogen (secondary N) is 1. The highest BCUT2D eigenvalue weighted by atomic mass is 79.9. The third-order valence-corrected chi connectivity index (χ3v) is 3.59. The molecule has 106 valence electrons. The first-order valence-electron chi connectivity index (χ1n) is 6.25. The lowest BCUT2D eigenvalue weighted by Gasteiger charge is -2.09. The van der Waals surface area contributed by atoms with Crippen LogP contribution in [0.3, 0.4) is 0 Å². The van der Waals surface area contributed by atoms with Crippen molar-refractivity contribution in [2.75, 3.05) is 12.4 Å². The molecule has 0 bridgehead atoms. The Kier molecular flexibility index (Phi) is 4.96. The molecule has 0 heterocycles. The van der Waals surface area contributed by atoms with E-state index in [1.165, 1.54) is 0 Å². The first-order valence-corrected chi connectivity index (χ1v) is 7.04. The zero-order valence-corrected chi connectivity index (χ0v) is 13.0. The fourth-order valence-corrected chi connectivity index (χ4v) is 2.15. The van der Waals surface area contributed by atoms with Gasteiger partial charge in [-0.25, -0.2) is 0 Å². The highest BCUT2D eigenvalue weighted by Gasteiger charge is 2.08. The minimum absolute atomic E-state index is 0.131. The van der Waals surface area contributed by atoms with Crippen LogP contribution in [-0.2, 0) is 11.2 Å². The Morgan fingerprint density at radius 1 is 1.29 bits per heavy atom. The Morgan fingerprint density at radius 2 is 2.00 bits per heavy atom. The number of hydrogen-bond acceptors (Lipinski definition) is 3. The normalized spacial score (nSPS) is 9.76. The van der Waals surface area contributed by atoms with Crippen molar-refractivity contribution >= 4 is 27.5 Å². The molecule has 0 fully saturated rings. The van der Waals surface area contributed by atoms with Gasteiger partial charge in [0.05, 0.1) is 30.9 Å². The van der Waals surface area contributed by atoms with Crippen LogP contribution in [0.4, 0.5) is 5.69 Å². The second-order valence-corrected chi connectivity index (χ2v) is 5.23.